The summed E-state index contributed by atoms with van der Waals surface area (Å²) >= 11 is 0. The number of aromatic nitrogens is 2. The summed E-state index contributed by atoms with van der Waals surface area (Å²) in [5.41, 5.74) is 0.966. The monoisotopic (exact) mass is 369 g/mol. The largest absolute Gasteiger partial charge is 0.483 e. The summed E-state index contributed by atoms with van der Waals surface area (Å²) in [6.45, 7) is 2.10. The van der Waals surface area contributed by atoms with E-state index in [1.807, 2.05) is 30.3 Å². The molecule has 1 saturated heterocycles. The molecule has 1 fully saturated rings. The summed E-state index contributed by atoms with van der Waals surface area (Å²) < 4.78 is 21.8. The van der Waals surface area contributed by atoms with Gasteiger partial charge < -0.3 is 24.1 Å². The molecular weight excluding hydrogens is 350 g/mol. The van der Waals surface area contributed by atoms with E-state index >= 15 is 0 Å². The molecular formula is C19H19N3O5. The second-order valence-electron chi connectivity index (χ2n) is 6.08. The lowest BCUT2D eigenvalue weighted by atomic mass is 10.2. The van der Waals surface area contributed by atoms with Gasteiger partial charge in [-0.3, -0.25) is 9.78 Å². The van der Waals surface area contributed by atoms with Crippen LogP contribution in [0.4, 0.5) is 0 Å². The number of carbonyl (C=O) groups excluding carboxylic acids is 1. The van der Waals surface area contributed by atoms with E-state index in [-0.39, 0.29) is 24.3 Å². The normalized spacial score (nSPS) is 17.0. The molecule has 4 rings (SSSR count). The van der Waals surface area contributed by atoms with Crippen molar-refractivity contribution in [1.29, 1.82) is 0 Å². The van der Waals surface area contributed by atoms with Gasteiger partial charge in [0.15, 0.2) is 11.5 Å². The first-order valence-corrected chi connectivity index (χ1v) is 8.69. The fourth-order valence-corrected chi connectivity index (χ4v) is 2.78. The van der Waals surface area contributed by atoms with E-state index in [9.17, 15) is 4.79 Å². The topological polar surface area (TPSA) is 95.7 Å². The predicted octanol–water partition coefficient (Wildman–Crippen LogP) is 1.95. The number of pyridine rings is 1. The number of hydrogen-bond acceptors (Lipinski definition) is 7. The molecule has 0 spiro atoms. The molecule has 1 atom stereocenters. The van der Waals surface area contributed by atoms with E-state index in [2.05, 4.69) is 15.5 Å². The lowest BCUT2D eigenvalue weighted by Gasteiger charge is -2.22. The van der Waals surface area contributed by atoms with Crippen LogP contribution in [-0.4, -0.2) is 48.5 Å². The molecule has 3 aromatic rings. The van der Waals surface area contributed by atoms with Crippen molar-refractivity contribution in [3.8, 4) is 5.75 Å². The lowest BCUT2D eigenvalue weighted by Crippen LogP contribution is -2.39. The van der Waals surface area contributed by atoms with E-state index in [0.29, 0.717) is 37.9 Å². The minimum absolute atomic E-state index is 0.142. The van der Waals surface area contributed by atoms with E-state index in [0.717, 1.165) is 10.9 Å². The summed E-state index contributed by atoms with van der Waals surface area (Å²) in [5.74, 6) is 0.765. The maximum Gasteiger partial charge on any atom is 0.273 e. The van der Waals surface area contributed by atoms with Gasteiger partial charge in [0.2, 0.25) is 0 Å². The van der Waals surface area contributed by atoms with Crippen molar-refractivity contribution < 1.29 is 23.5 Å². The molecule has 27 heavy (non-hydrogen) atoms. The average Bonchev–Trinajstić information content (AvgIpc) is 3.20. The fraction of sp³-hybridized carbons (Fsp3) is 0.316. The summed E-state index contributed by atoms with van der Waals surface area (Å²) in [7, 11) is 0. The number of fused-ring (bicyclic) bond motifs is 1. The van der Waals surface area contributed by atoms with Crippen LogP contribution in [0.5, 0.6) is 5.75 Å². The first-order valence-electron chi connectivity index (χ1n) is 8.69. The molecule has 1 unspecified atom stereocenters. The number of para-hydroxylation sites is 1. The van der Waals surface area contributed by atoms with Crippen molar-refractivity contribution >= 4 is 16.8 Å². The zero-order valence-corrected chi connectivity index (χ0v) is 14.6. The van der Waals surface area contributed by atoms with Crippen LogP contribution in [-0.2, 0) is 16.1 Å². The van der Waals surface area contributed by atoms with Gasteiger partial charge in [0.05, 0.1) is 25.9 Å². The highest BCUT2D eigenvalue weighted by Gasteiger charge is 2.18. The van der Waals surface area contributed by atoms with Gasteiger partial charge in [-0.25, -0.2) is 0 Å². The predicted molar refractivity (Wildman–Crippen MR) is 95.5 cm³/mol. The van der Waals surface area contributed by atoms with E-state index in [1.165, 1.54) is 0 Å². The van der Waals surface area contributed by atoms with Crippen molar-refractivity contribution in [2.24, 2.45) is 0 Å². The SMILES string of the molecule is O=C(NCC1COCCO1)c1cc(COc2cccc3cccnc23)on1. The molecule has 1 N–H and O–H groups in total. The van der Waals surface area contributed by atoms with Gasteiger partial charge in [-0.2, -0.15) is 0 Å². The summed E-state index contributed by atoms with van der Waals surface area (Å²) in [5, 5.41) is 7.55. The number of carbonyl (C=O) groups is 1. The number of nitrogens with zero attached hydrogens (tertiary/aromatic N) is 2. The smallest absolute Gasteiger partial charge is 0.273 e. The molecule has 140 valence electrons. The van der Waals surface area contributed by atoms with Crippen molar-refractivity contribution in [2.45, 2.75) is 12.7 Å². The van der Waals surface area contributed by atoms with Crippen molar-refractivity contribution in [3.05, 3.63) is 54.0 Å². The van der Waals surface area contributed by atoms with Gasteiger partial charge in [-0.05, 0) is 12.1 Å². The maximum atomic E-state index is 12.2. The molecule has 8 heteroatoms. The molecule has 2 aromatic heterocycles. The Morgan fingerprint density at radius 3 is 3.07 bits per heavy atom. The van der Waals surface area contributed by atoms with Crippen LogP contribution in [0, 0.1) is 0 Å². The third kappa shape index (κ3) is 4.24. The zero-order chi connectivity index (χ0) is 18.5. The van der Waals surface area contributed by atoms with E-state index in [4.69, 9.17) is 18.7 Å². The Labute approximate surface area is 155 Å². The van der Waals surface area contributed by atoms with Crippen LogP contribution in [0.25, 0.3) is 10.9 Å². The van der Waals surface area contributed by atoms with Gasteiger partial charge in [0.1, 0.15) is 17.9 Å². The van der Waals surface area contributed by atoms with Gasteiger partial charge in [-0.1, -0.05) is 23.4 Å². The molecule has 0 aliphatic carbocycles. The van der Waals surface area contributed by atoms with Crippen molar-refractivity contribution in [1.82, 2.24) is 15.5 Å². The van der Waals surface area contributed by atoms with Crippen LogP contribution >= 0.6 is 0 Å². The molecule has 1 amide bonds. The van der Waals surface area contributed by atoms with Gasteiger partial charge >= 0.3 is 0 Å². The molecule has 0 saturated carbocycles. The van der Waals surface area contributed by atoms with Gasteiger partial charge in [-0.15, -0.1) is 0 Å². The molecule has 1 aliphatic heterocycles. The Bertz CT molecular complexity index is 915. The van der Waals surface area contributed by atoms with E-state index in [1.54, 1.807) is 12.3 Å². The van der Waals surface area contributed by atoms with Gasteiger partial charge in [0.25, 0.3) is 5.91 Å². The Kier molecular flexibility index (Phi) is 5.27. The number of rotatable bonds is 6. The standard InChI is InChI=1S/C19H19N3O5/c23-19(21-10-15-11-24-7-8-25-15)16-9-14(27-22-16)12-26-17-5-1-3-13-4-2-6-20-18(13)17/h1-6,9,15H,7-8,10-12H2,(H,21,23). The Balaban J connectivity index is 1.34. The van der Waals surface area contributed by atoms with Crippen LogP contribution < -0.4 is 10.1 Å². The maximum absolute atomic E-state index is 12.2. The first-order chi connectivity index (χ1) is 13.3. The van der Waals surface area contributed by atoms with E-state index < -0.39 is 0 Å². The summed E-state index contributed by atoms with van der Waals surface area (Å²) in [4.78, 5) is 16.5. The first kappa shape index (κ1) is 17.4. The summed E-state index contributed by atoms with van der Waals surface area (Å²) in [6.07, 6.45) is 1.57. The molecule has 0 radical (unpaired) electrons. The van der Waals surface area contributed by atoms with Crippen LogP contribution in [0.15, 0.2) is 47.1 Å². The third-order valence-electron chi connectivity index (χ3n) is 4.13. The highest BCUT2D eigenvalue weighted by atomic mass is 16.6. The number of benzene rings is 1. The van der Waals surface area contributed by atoms with Crippen molar-refractivity contribution in [3.63, 3.8) is 0 Å². The van der Waals surface area contributed by atoms with Crippen LogP contribution in [0.2, 0.25) is 0 Å². The molecule has 0 bridgehead atoms. The minimum atomic E-state index is -0.328. The Morgan fingerprint density at radius 2 is 2.19 bits per heavy atom. The number of amides is 1. The second-order valence-corrected chi connectivity index (χ2v) is 6.08. The Hall–Kier alpha value is -2.97. The number of hydrogen-bond donors (Lipinski definition) is 1. The second kappa shape index (κ2) is 8.15. The number of ether oxygens (including phenoxy) is 3. The Morgan fingerprint density at radius 1 is 1.26 bits per heavy atom. The summed E-state index contributed by atoms with van der Waals surface area (Å²) in [6, 6.07) is 11.1. The number of nitrogens with one attached hydrogen (secondary N) is 1. The average molecular weight is 369 g/mol. The third-order valence-corrected chi connectivity index (χ3v) is 4.13. The van der Waals surface area contributed by atoms with Gasteiger partial charge in [0, 0.05) is 24.2 Å². The highest BCUT2D eigenvalue weighted by Crippen LogP contribution is 2.23. The van der Waals surface area contributed by atoms with Crippen LogP contribution in [0.3, 0.4) is 0 Å². The molecule has 1 aromatic carbocycles. The molecule has 1 aliphatic rings. The van der Waals surface area contributed by atoms with Crippen molar-refractivity contribution in [2.75, 3.05) is 26.4 Å². The molecule has 8 nitrogen and oxygen atoms in total. The fourth-order valence-electron chi connectivity index (χ4n) is 2.78. The zero-order valence-electron chi connectivity index (χ0n) is 14.6. The quantitative estimate of drug-likeness (QED) is 0.709. The molecule has 3 heterocycles. The highest BCUT2D eigenvalue weighted by molar-refractivity contribution is 5.92. The van der Waals surface area contributed by atoms with Crippen LogP contribution in [0.1, 0.15) is 16.2 Å². The minimum Gasteiger partial charge on any atom is -0.483 e. The lowest BCUT2D eigenvalue weighted by molar-refractivity contribution is -0.0855.